The summed E-state index contributed by atoms with van der Waals surface area (Å²) >= 11 is 2.04. The van der Waals surface area contributed by atoms with Gasteiger partial charge in [0, 0.05) is 0 Å². The van der Waals surface area contributed by atoms with Gasteiger partial charge < -0.3 is 9.47 Å². The summed E-state index contributed by atoms with van der Waals surface area (Å²) in [6, 6.07) is 28.6. The number of carbonyl (C=O) groups is 2. The van der Waals surface area contributed by atoms with Crippen LogP contribution in [0.25, 0.3) is 0 Å². The lowest BCUT2D eigenvalue weighted by Crippen LogP contribution is -2.31. The van der Waals surface area contributed by atoms with Gasteiger partial charge in [0.05, 0.1) is 17.3 Å². The molecule has 1 fully saturated rings. The van der Waals surface area contributed by atoms with Crippen LogP contribution in [0, 0.1) is 5.92 Å². The van der Waals surface area contributed by atoms with Crippen molar-refractivity contribution in [3.05, 3.63) is 84.9 Å². The molecule has 1 aliphatic carbocycles. The Kier molecular flexibility index (Phi) is 9.26. The van der Waals surface area contributed by atoms with Gasteiger partial charge in [0.2, 0.25) is 0 Å². The van der Waals surface area contributed by atoms with E-state index >= 15 is 0 Å². The van der Waals surface area contributed by atoms with Crippen LogP contribution in [0.1, 0.15) is 39.0 Å². The van der Waals surface area contributed by atoms with Crippen LogP contribution in [0.2, 0.25) is 0 Å². The Labute approximate surface area is 223 Å². The quantitative estimate of drug-likeness (QED) is 0.0872. The first-order chi connectivity index (χ1) is 17.0. The largest absolute Gasteiger partial charge is 0.461 e. The molecule has 0 bridgehead atoms. The molecule has 182 valence electrons. The molecule has 2 unspecified atom stereocenters. The second kappa shape index (κ2) is 12.6. The van der Waals surface area contributed by atoms with Crippen molar-refractivity contribution < 1.29 is 19.1 Å². The molecule has 4 rings (SSSR count). The van der Waals surface area contributed by atoms with Crippen LogP contribution in [0.3, 0.4) is 0 Å². The van der Waals surface area contributed by atoms with Crippen molar-refractivity contribution in [2.45, 2.75) is 63.7 Å². The van der Waals surface area contributed by atoms with Gasteiger partial charge >= 0.3 is 11.9 Å². The molecule has 35 heavy (non-hydrogen) atoms. The second-order valence-corrected chi connectivity index (χ2v) is 12.6. The molecule has 0 amide bonds. The molecule has 2 atom stereocenters. The van der Waals surface area contributed by atoms with Crippen LogP contribution in [0.5, 0.6) is 5.75 Å². The molecular formula is C29H30IO4S+. The summed E-state index contributed by atoms with van der Waals surface area (Å²) in [5, 5.41) is 0. The lowest BCUT2D eigenvalue weighted by Gasteiger charge is -2.23. The fraction of sp³-hybridized carbons (Fsp3) is 0.310. The minimum absolute atomic E-state index is 0.0833. The van der Waals surface area contributed by atoms with E-state index in [2.05, 4.69) is 48.5 Å². The van der Waals surface area contributed by atoms with Crippen LogP contribution in [0.4, 0.5) is 0 Å². The SMILES string of the molecule is CC(I)C(=O)OC(CC(=O)Oc1ccc([S+](c2ccccc2)c2ccccc2)cc1)C1CCCC1. The second-order valence-electron chi connectivity index (χ2n) is 8.72. The summed E-state index contributed by atoms with van der Waals surface area (Å²) in [6.45, 7) is 1.80. The Balaban J connectivity index is 1.46. The zero-order valence-corrected chi connectivity index (χ0v) is 22.7. The monoisotopic (exact) mass is 601 g/mol. The number of hydrogen-bond donors (Lipinski definition) is 0. The Morgan fingerprint density at radius 3 is 1.89 bits per heavy atom. The number of benzene rings is 3. The number of hydrogen-bond acceptors (Lipinski definition) is 4. The van der Waals surface area contributed by atoms with E-state index in [1.165, 1.54) is 9.79 Å². The molecular weight excluding hydrogens is 571 g/mol. The zero-order chi connectivity index (χ0) is 24.6. The number of halogens is 1. The van der Waals surface area contributed by atoms with Crippen molar-refractivity contribution in [3.63, 3.8) is 0 Å². The van der Waals surface area contributed by atoms with Crippen LogP contribution in [0.15, 0.2) is 99.6 Å². The van der Waals surface area contributed by atoms with Crippen molar-refractivity contribution in [3.8, 4) is 5.75 Å². The van der Waals surface area contributed by atoms with Crippen molar-refractivity contribution in [1.29, 1.82) is 0 Å². The smallest absolute Gasteiger partial charge is 0.318 e. The summed E-state index contributed by atoms with van der Waals surface area (Å²) in [7, 11) is -0.256. The molecule has 4 nitrogen and oxygen atoms in total. The third-order valence-corrected chi connectivity index (χ3v) is 8.87. The van der Waals surface area contributed by atoms with Gasteiger partial charge in [-0.1, -0.05) is 71.8 Å². The topological polar surface area (TPSA) is 52.6 Å². The lowest BCUT2D eigenvalue weighted by atomic mass is 9.98. The normalized spacial score (nSPS) is 15.5. The molecule has 0 N–H and O–H groups in total. The van der Waals surface area contributed by atoms with Crippen LogP contribution in [-0.4, -0.2) is 22.0 Å². The first-order valence-electron chi connectivity index (χ1n) is 12.0. The summed E-state index contributed by atoms with van der Waals surface area (Å²) in [5.74, 6) is 0.0899. The maximum atomic E-state index is 12.8. The van der Waals surface area contributed by atoms with E-state index in [0.29, 0.717) is 5.75 Å². The molecule has 0 saturated heterocycles. The van der Waals surface area contributed by atoms with Crippen LogP contribution >= 0.6 is 22.6 Å². The van der Waals surface area contributed by atoms with E-state index in [0.717, 1.165) is 30.6 Å². The van der Waals surface area contributed by atoms with Gasteiger partial charge in [-0.05, 0) is 74.2 Å². The average Bonchev–Trinajstić information content (AvgIpc) is 3.41. The molecule has 0 spiro atoms. The fourth-order valence-electron chi connectivity index (χ4n) is 4.38. The first-order valence-corrected chi connectivity index (χ1v) is 14.5. The minimum atomic E-state index is -0.420. The summed E-state index contributed by atoms with van der Waals surface area (Å²) in [6.07, 6.45) is 3.85. The third-order valence-electron chi connectivity index (χ3n) is 6.13. The summed E-state index contributed by atoms with van der Waals surface area (Å²) in [4.78, 5) is 28.6. The molecule has 0 aliphatic heterocycles. The highest BCUT2D eigenvalue weighted by Crippen LogP contribution is 2.33. The Bertz CT molecular complexity index is 1060. The van der Waals surface area contributed by atoms with Gasteiger partial charge in [-0.15, -0.1) is 0 Å². The maximum absolute atomic E-state index is 12.8. The summed E-state index contributed by atoms with van der Waals surface area (Å²) in [5.41, 5.74) is 0. The highest BCUT2D eigenvalue weighted by Gasteiger charge is 2.32. The van der Waals surface area contributed by atoms with Crippen molar-refractivity contribution >= 4 is 45.4 Å². The standard InChI is InChI=1S/C29H30IO4S/c1-21(30)29(32)34-27(22-10-8-9-11-22)20-28(31)33-23-16-18-26(19-17-23)35(24-12-4-2-5-13-24)25-14-6-3-7-15-25/h2-7,12-19,21-22,27H,8-11,20H2,1H3/q+1. The van der Waals surface area contributed by atoms with E-state index in [1.54, 1.807) is 6.92 Å². The predicted molar refractivity (Wildman–Crippen MR) is 147 cm³/mol. The van der Waals surface area contributed by atoms with Gasteiger partial charge in [0.1, 0.15) is 15.8 Å². The molecule has 3 aromatic rings. The third kappa shape index (κ3) is 7.10. The molecule has 0 aromatic heterocycles. The number of carbonyl (C=O) groups excluding carboxylic acids is 2. The predicted octanol–water partition coefficient (Wildman–Crippen LogP) is 7.00. The molecule has 0 heterocycles. The van der Waals surface area contributed by atoms with Crippen molar-refractivity contribution in [2.24, 2.45) is 5.92 Å². The van der Waals surface area contributed by atoms with Crippen molar-refractivity contribution in [2.75, 3.05) is 0 Å². The number of ether oxygens (including phenoxy) is 2. The van der Waals surface area contributed by atoms with Gasteiger partial charge in [0.25, 0.3) is 0 Å². The van der Waals surface area contributed by atoms with Crippen LogP contribution < -0.4 is 4.74 Å². The molecule has 1 aliphatic rings. The molecule has 3 aromatic carbocycles. The first kappa shape index (κ1) is 25.8. The van der Waals surface area contributed by atoms with Gasteiger partial charge in [-0.3, -0.25) is 9.59 Å². The van der Waals surface area contributed by atoms with Gasteiger partial charge in [-0.2, -0.15) is 0 Å². The molecule has 6 heteroatoms. The van der Waals surface area contributed by atoms with E-state index in [-0.39, 0.29) is 39.1 Å². The molecule has 0 radical (unpaired) electrons. The van der Waals surface area contributed by atoms with Crippen LogP contribution in [-0.2, 0) is 25.2 Å². The summed E-state index contributed by atoms with van der Waals surface area (Å²) < 4.78 is 11.1. The minimum Gasteiger partial charge on any atom is -0.461 e. The lowest BCUT2D eigenvalue weighted by molar-refractivity contribution is -0.154. The average molecular weight is 602 g/mol. The number of alkyl halides is 1. The Morgan fingerprint density at radius 2 is 1.37 bits per heavy atom. The highest BCUT2D eigenvalue weighted by molar-refractivity contribution is 14.1. The Morgan fingerprint density at radius 1 is 0.857 bits per heavy atom. The number of esters is 2. The fourth-order valence-corrected chi connectivity index (χ4v) is 6.61. The van der Waals surface area contributed by atoms with E-state index in [1.807, 2.05) is 59.0 Å². The number of rotatable bonds is 9. The van der Waals surface area contributed by atoms with Crippen molar-refractivity contribution in [1.82, 2.24) is 0 Å². The van der Waals surface area contributed by atoms with E-state index in [9.17, 15) is 9.59 Å². The van der Waals surface area contributed by atoms with Gasteiger partial charge in [0.15, 0.2) is 14.7 Å². The van der Waals surface area contributed by atoms with Gasteiger partial charge in [-0.25, -0.2) is 0 Å². The zero-order valence-electron chi connectivity index (χ0n) is 19.8. The van der Waals surface area contributed by atoms with E-state index in [4.69, 9.17) is 9.47 Å². The maximum Gasteiger partial charge on any atom is 0.318 e. The van der Waals surface area contributed by atoms with E-state index < -0.39 is 6.10 Å². The Hall–Kier alpha value is -2.32. The molecule has 1 saturated carbocycles. The highest BCUT2D eigenvalue weighted by atomic mass is 127.